The number of aliphatic hydroxyl groups is 1. The Hall–Kier alpha value is -0.280. The van der Waals surface area contributed by atoms with Gasteiger partial charge in [0, 0.05) is 10.0 Å². The van der Waals surface area contributed by atoms with Crippen molar-refractivity contribution in [2.24, 2.45) is 5.73 Å². The third-order valence-electron chi connectivity index (χ3n) is 2.64. The second-order valence-electron chi connectivity index (χ2n) is 3.59. The Kier molecular flexibility index (Phi) is 2.71. The van der Waals surface area contributed by atoms with Crippen molar-refractivity contribution < 1.29 is 5.11 Å². The molecule has 1 aliphatic carbocycles. The number of aryl methyl sites for hydroxylation is 1. The molecule has 0 spiro atoms. The number of hydrogen-bond donors (Lipinski definition) is 2. The fourth-order valence-corrected chi connectivity index (χ4v) is 2.56. The number of benzene rings is 1. The minimum absolute atomic E-state index is 0.386. The molecule has 0 aromatic heterocycles. The van der Waals surface area contributed by atoms with Gasteiger partial charge in [0.1, 0.15) is 0 Å². The van der Waals surface area contributed by atoms with Crippen molar-refractivity contribution in [2.45, 2.75) is 25.0 Å². The molecule has 0 amide bonds. The van der Waals surface area contributed by atoms with E-state index in [1.54, 1.807) is 6.07 Å². The first-order chi connectivity index (χ1) is 6.59. The first-order valence-electron chi connectivity index (χ1n) is 4.51. The zero-order chi connectivity index (χ0) is 10.3. The predicted octanol–water partition coefficient (Wildman–Crippen LogP) is 2.30. The molecule has 1 aromatic rings. The van der Waals surface area contributed by atoms with Gasteiger partial charge in [0.25, 0.3) is 0 Å². The van der Waals surface area contributed by atoms with Crippen molar-refractivity contribution in [2.75, 3.05) is 0 Å². The van der Waals surface area contributed by atoms with Gasteiger partial charge in [-0.3, -0.25) is 0 Å². The van der Waals surface area contributed by atoms with Crippen LogP contribution in [0.15, 0.2) is 12.1 Å². The molecule has 0 fully saturated rings. The molecular weight excluding hydrogens is 221 g/mol. The van der Waals surface area contributed by atoms with E-state index in [2.05, 4.69) is 0 Å². The maximum Gasteiger partial charge on any atom is 0.0736 e. The van der Waals surface area contributed by atoms with Crippen LogP contribution in [0.1, 0.15) is 23.6 Å². The van der Waals surface area contributed by atoms with E-state index in [4.69, 9.17) is 28.9 Å². The molecule has 3 N–H and O–H groups in total. The van der Waals surface area contributed by atoms with Gasteiger partial charge in [0.2, 0.25) is 0 Å². The van der Waals surface area contributed by atoms with Crippen molar-refractivity contribution in [3.05, 3.63) is 33.3 Å². The fourth-order valence-electron chi connectivity index (χ4n) is 1.89. The number of fused-ring (bicyclic) bond motifs is 1. The van der Waals surface area contributed by atoms with Gasteiger partial charge in [-0.05, 0) is 36.1 Å². The van der Waals surface area contributed by atoms with Crippen LogP contribution in [-0.4, -0.2) is 11.2 Å². The minimum atomic E-state index is -0.499. The second-order valence-corrected chi connectivity index (χ2v) is 4.44. The van der Waals surface area contributed by atoms with E-state index in [0.717, 1.165) is 17.5 Å². The average molecular weight is 232 g/mol. The molecule has 0 saturated carbocycles. The number of halogens is 2. The van der Waals surface area contributed by atoms with Crippen molar-refractivity contribution in [1.29, 1.82) is 0 Å². The van der Waals surface area contributed by atoms with Crippen LogP contribution in [-0.2, 0) is 6.42 Å². The Balaban J connectivity index is 2.54. The van der Waals surface area contributed by atoms with Crippen LogP contribution < -0.4 is 5.73 Å². The third-order valence-corrected chi connectivity index (χ3v) is 3.17. The molecule has 1 aromatic carbocycles. The molecule has 0 aliphatic heterocycles. The summed E-state index contributed by atoms with van der Waals surface area (Å²) >= 11 is 11.9. The maximum atomic E-state index is 9.60. The summed E-state index contributed by atoms with van der Waals surface area (Å²) in [6.45, 7) is 0. The Morgan fingerprint density at radius 2 is 2.07 bits per heavy atom. The summed E-state index contributed by atoms with van der Waals surface area (Å²) in [6, 6.07) is 3.15. The van der Waals surface area contributed by atoms with Crippen LogP contribution in [0, 0.1) is 0 Å². The lowest BCUT2D eigenvalue weighted by Crippen LogP contribution is -2.31. The Morgan fingerprint density at radius 3 is 2.79 bits per heavy atom. The highest BCUT2D eigenvalue weighted by atomic mass is 35.5. The average Bonchev–Trinajstić information content (AvgIpc) is 2.10. The molecule has 1 aliphatic rings. The zero-order valence-electron chi connectivity index (χ0n) is 7.50. The zero-order valence-corrected chi connectivity index (χ0v) is 9.02. The van der Waals surface area contributed by atoms with Crippen LogP contribution in [0.2, 0.25) is 10.0 Å². The normalized spacial score (nSPS) is 26.0. The number of aliphatic hydroxyl groups excluding tert-OH is 1. The second kappa shape index (κ2) is 3.70. The van der Waals surface area contributed by atoms with E-state index < -0.39 is 6.10 Å². The Morgan fingerprint density at radius 1 is 1.36 bits per heavy atom. The largest absolute Gasteiger partial charge is 0.391 e. The SMILES string of the molecule is NC1c2c(Cl)cc(Cl)cc2CCC1O. The maximum absolute atomic E-state index is 9.60. The summed E-state index contributed by atoms with van der Waals surface area (Å²) in [5.74, 6) is 0. The molecule has 4 heteroatoms. The highest BCUT2D eigenvalue weighted by Crippen LogP contribution is 2.35. The Labute approximate surface area is 92.6 Å². The van der Waals surface area contributed by atoms with E-state index in [1.165, 1.54) is 0 Å². The van der Waals surface area contributed by atoms with Gasteiger partial charge in [0.05, 0.1) is 12.1 Å². The van der Waals surface area contributed by atoms with Gasteiger partial charge in [-0.15, -0.1) is 0 Å². The molecule has 76 valence electrons. The van der Waals surface area contributed by atoms with Gasteiger partial charge in [-0.25, -0.2) is 0 Å². The molecule has 0 radical (unpaired) electrons. The Bertz CT molecular complexity index is 367. The summed E-state index contributed by atoms with van der Waals surface area (Å²) in [4.78, 5) is 0. The first kappa shape index (κ1) is 10.2. The lowest BCUT2D eigenvalue weighted by Gasteiger charge is -2.28. The van der Waals surface area contributed by atoms with Gasteiger partial charge in [-0.2, -0.15) is 0 Å². The van der Waals surface area contributed by atoms with Crippen molar-refractivity contribution in [3.8, 4) is 0 Å². The highest BCUT2D eigenvalue weighted by molar-refractivity contribution is 6.35. The van der Waals surface area contributed by atoms with E-state index in [-0.39, 0.29) is 6.04 Å². The van der Waals surface area contributed by atoms with Crippen molar-refractivity contribution in [3.63, 3.8) is 0 Å². The molecule has 2 rings (SSSR count). The third kappa shape index (κ3) is 1.63. The van der Waals surface area contributed by atoms with Gasteiger partial charge in [0.15, 0.2) is 0 Å². The lowest BCUT2D eigenvalue weighted by atomic mass is 9.86. The van der Waals surface area contributed by atoms with Crippen LogP contribution in [0.5, 0.6) is 0 Å². The number of hydrogen-bond acceptors (Lipinski definition) is 2. The summed E-state index contributed by atoms with van der Waals surface area (Å²) in [5.41, 5.74) is 7.76. The molecular formula is C10H11Cl2NO. The van der Waals surface area contributed by atoms with Crippen molar-refractivity contribution >= 4 is 23.2 Å². The summed E-state index contributed by atoms with van der Waals surface area (Å²) in [5, 5.41) is 10.8. The van der Waals surface area contributed by atoms with Crippen LogP contribution >= 0.6 is 23.2 Å². The smallest absolute Gasteiger partial charge is 0.0736 e. The van der Waals surface area contributed by atoms with Crippen LogP contribution in [0.4, 0.5) is 0 Å². The van der Waals surface area contributed by atoms with E-state index in [0.29, 0.717) is 16.5 Å². The number of nitrogens with two attached hydrogens (primary N) is 1. The topological polar surface area (TPSA) is 46.2 Å². The molecule has 14 heavy (non-hydrogen) atoms. The van der Waals surface area contributed by atoms with Gasteiger partial charge in [-0.1, -0.05) is 23.2 Å². The van der Waals surface area contributed by atoms with Crippen LogP contribution in [0.3, 0.4) is 0 Å². The van der Waals surface area contributed by atoms with Gasteiger partial charge < -0.3 is 10.8 Å². The molecule has 0 bridgehead atoms. The monoisotopic (exact) mass is 231 g/mol. The first-order valence-corrected chi connectivity index (χ1v) is 5.26. The molecule has 0 saturated heterocycles. The van der Waals surface area contributed by atoms with Crippen LogP contribution in [0.25, 0.3) is 0 Å². The fraction of sp³-hybridized carbons (Fsp3) is 0.400. The summed E-state index contributed by atoms with van der Waals surface area (Å²) < 4.78 is 0. The predicted molar refractivity (Wildman–Crippen MR) is 57.7 cm³/mol. The molecule has 0 heterocycles. The van der Waals surface area contributed by atoms with E-state index >= 15 is 0 Å². The van der Waals surface area contributed by atoms with E-state index in [9.17, 15) is 5.11 Å². The standard InChI is InChI=1S/C10H11Cl2NO/c11-6-3-5-1-2-8(14)10(13)9(5)7(12)4-6/h3-4,8,10,14H,1-2,13H2. The quantitative estimate of drug-likeness (QED) is 0.720. The molecule has 2 atom stereocenters. The minimum Gasteiger partial charge on any atom is -0.391 e. The molecule has 2 nitrogen and oxygen atoms in total. The number of rotatable bonds is 0. The van der Waals surface area contributed by atoms with E-state index in [1.807, 2.05) is 6.07 Å². The van der Waals surface area contributed by atoms with Crippen molar-refractivity contribution in [1.82, 2.24) is 0 Å². The summed E-state index contributed by atoms with van der Waals surface area (Å²) in [6.07, 6.45) is 0.955. The lowest BCUT2D eigenvalue weighted by molar-refractivity contribution is 0.128. The highest BCUT2D eigenvalue weighted by Gasteiger charge is 2.27. The molecule has 2 unspecified atom stereocenters. The van der Waals surface area contributed by atoms with Gasteiger partial charge >= 0.3 is 0 Å². The summed E-state index contributed by atoms with van der Waals surface area (Å²) in [7, 11) is 0.